The molecule has 1 aromatic rings. The van der Waals surface area contributed by atoms with Crippen LogP contribution < -0.4 is 5.32 Å². The van der Waals surface area contributed by atoms with E-state index in [2.05, 4.69) is 36.5 Å². The van der Waals surface area contributed by atoms with Crippen LogP contribution in [0.15, 0.2) is 24.3 Å². The quantitative estimate of drug-likeness (QED) is 0.861. The summed E-state index contributed by atoms with van der Waals surface area (Å²) >= 11 is 0. The Bertz CT molecular complexity index is 476. The van der Waals surface area contributed by atoms with Gasteiger partial charge in [-0.3, -0.25) is 4.79 Å². The van der Waals surface area contributed by atoms with E-state index in [1.807, 2.05) is 20.8 Å². The largest absolute Gasteiger partial charge is 0.465 e. The molecular formula is C17H25NO2. The maximum Gasteiger partial charge on any atom is 0.311 e. The lowest BCUT2D eigenvalue weighted by molar-refractivity contribution is -0.154. The maximum absolute atomic E-state index is 11.9. The van der Waals surface area contributed by atoms with Crippen molar-refractivity contribution in [3.63, 3.8) is 0 Å². The van der Waals surface area contributed by atoms with Gasteiger partial charge >= 0.3 is 5.97 Å². The Morgan fingerprint density at radius 1 is 1.35 bits per heavy atom. The average molecular weight is 275 g/mol. The molecule has 2 rings (SSSR count). The number of hydrogen-bond acceptors (Lipinski definition) is 3. The highest BCUT2D eigenvalue weighted by molar-refractivity contribution is 5.75. The minimum atomic E-state index is -0.426. The van der Waals surface area contributed by atoms with E-state index >= 15 is 0 Å². The monoisotopic (exact) mass is 275 g/mol. The second-order valence-corrected chi connectivity index (χ2v) is 6.69. The summed E-state index contributed by atoms with van der Waals surface area (Å²) < 4.78 is 5.50. The van der Waals surface area contributed by atoms with Crippen LogP contribution in [0.2, 0.25) is 0 Å². The van der Waals surface area contributed by atoms with Crippen LogP contribution in [-0.2, 0) is 9.53 Å². The molecule has 1 saturated heterocycles. The van der Waals surface area contributed by atoms with Crippen LogP contribution >= 0.6 is 0 Å². The van der Waals surface area contributed by atoms with Gasteiger partial charge in [0.1, 0.15) is 0 Å². The van der Waals surface area contributed by atoms with Crippen LogP contribution in [0.25, 0.3) is 0 Å². The minimum Gasteiger partial charge on any atom is -0.465 e. The number of rotatable bonds is 3. The molecular weight excluding hydrogens is 250 g/mol. The van der Waals surface area contributed by atoms with E-state index in [1.165, 1.54) is 11.1 Å². The molecule has 3 nitrogen and oxygen atoms in total. The molecule has 0 radical (unpaired) electrons. The molecule has 2 unspecified atom stereocenters. The van der Waals surface area contributed by atoms with Crippen molar-refractivity contribution in [1.82, 2.24) is 5.32 Å². The topological polar surface area (TPSA) is 38.3 Å². The van der Waals surface area contributed by atoms with E-state index in [0.717, 1.165) is 13.0 Å². The van der Waals surface area contributed by atoms with Gasteiger partial charge in [-0.25, -0.2) is 0 Å². The highest BCUT2D eigenvalue weighted by atomic mass is 16.5. The summed E-state index contributed by atoms with van der Waals surface area (Å²) in [4.78, 5) is 11.9. The average Bonchev–Trinajstić information content (AvgIpc) is 2.83. The Kier molecular flexibility index (Phi) is 4.48. The fraction of sp³-hybridized carbons (Fsp3) is 0.588. The molecule has 1 aliphatic rings. The highest BCUT2D eigenvalue weighted by Crippen LogP contribution is 2.32. The molecule has 1 aliphatic heterocycles. The Labute approximate surface area is 121 Å². The van der Waals surface area contributed by atoms with Gasteiger partial charge in [0.2, 0.25) is 0 Å². The van der Waals surface area contributed by atoms with Crippen molar-refractivity contribution in [3.8, 4) is 0 Å². The zero-order valence-electron chi connectivity index (χ0n) is 12.9. The number of aryl methyl sites for hydroxylation is 1. The third-order valence-corrected chi connectivity index (χ3v) is 3.92. The molecule has 0 spiro atoms. The molecule has 1 N–H and O–H groups in total. The molecule has 0 saturated carbocycles. The Balaban J connectivity index is 2.02. The lowest BCUT2D eigenvalue weighted by atomic mass is 9.92. The number of benzene rings is 1. The molecule has 2 atom stereocenters. The van der Waals surface area contributed by atoms with Gasteiger partial charge in [0.05, 0.1) is 12.0 Å². The van der Waals surface area contributed by atoms with E-state index in [0.29, 0.717) is 18.6 Å². The molecule has 0 aromatic heterocycles. The van der Waals surface area contributed by atoms with Crippen molar-refractivity contribution >= 4 is 5.97 Å². The number of esters is 1. The summed E-state index contributed by atoms with van der Waals surface area (Å²) in [5.41, 5.74) is 2.19. The summed E-state index contributed by atoms with van der Waals surface area (Å²) in [5.74, 6) is 0.246. The Morgan fingerprint density at radius 3 is 2.70 bits per heavy atom. The van der Waals surface area contributed by atoms with E-state index in [1.54, 1.807) is 0 Å². The number of hydrogen-bond donors (Lipinski definition) is 1. The molecule has 110 valence electrons. The van der Waals surface area contributed by atoms with Crippen LogP contribution in [0.5, 0.6) is 0 Å². The number of ether oxygens (including phenoxy) is 1. The zero-order valence-corrected chi connectivity index (χ0v) is 12.9. The van der Waals surface area contributed by atoms with Crippen LogP contribution in [-0.4, -0.2) is 19.1 Å². The van der Waals surface area contributed by atoms with E-state index in [4.69, 9.17) is 4.74 Å². The Morgan fingerprint density at radius 2 is 2.05 bits per heavy atom. The van der Waals surface area contributed by atoms with Crippen LogP contribution in [0.1, 0.15) is 44.4 Å². The van der Waals surface area contributed by atoms with Gasteiger partial charge in [0, 0.05) is 12.0 Å². The predicted octanol–water partition coefficient (Wildman–Crippen LogP) is 3.23. The van der Waals surface area contributed by atoms with Crippen molar-refractivity contribution in [1.29, 1.82) is 0 Å². The van der Waals surface area contributed by atoms with Crippen LogP contribution in [0, 0.1) is 18.3 Å². The van der Waals surface area contributed by atoms with Gasteiger partial charge in [-0.05, 0) is 51.8 Å². The molecule has 0 aliphatic carbocycles. The molecule has 20 heavy (non-hydrogen) atoms. The fourth-order valence-electron chi connectivity index (χ4n) is 2.64. The standard InChI is InChI=1S/C17H25NO2/c1-12-7-5-6-8-14(12)15-13(9-10-18-15)11-20-16(19)17(2,3)4/h5-8,13,15,18H,9-11H2,1-4H3. The smallest absolute Gasteiger partial charge is 0.311 e. The summed E-state index contributed by atoms with van der Waals surface area (Å²) in [6.45, 7) is 9.29. The van der Waals surface area contributed by atoms with Crippen LogP contribution in [0.4, 0.5) is 0 Å². The third kappa shape index (κ3) is 3.40. The van der Waals surface area contributed by atoms with E-state index in [9.17, 15) is 4.79 Å². The van der Waals surface area contributed by atoms with Gasteiger partial charge < -0.3 is 10.1 Å². The van der Waals surface area contributed by atoms with Gasteiger partial charge in [-0.2, -0.15) is 0 Å². The second kappa shape index (κ2) is 5.96. The van der Waals surface area contributed by atoms with E-state index in [-0.39, 0.29) is 5.97 Å². The van der Waals surface area contributed by atoms with Gasteiger partial charge in [0.15, 0.2) is 0 Å². The van der Waals surface area contributed by atoms with Crippen molar-refractivity contribution in [2.75, 3.05) is 13.2 Å². The second-order valence-electron chi connectivity index (χ2n) is 6.69. The zero-order chi connectivity index (χ0) is 14.8. The number of carbonyl (C=O) groups is 1. The minimum absolute atomic E-state index is 0.118. The molecule has 3 heteroatoms. The molecule has 1 fully saturated rings. The fourth-order valence-corrected chi connectivity index (χ4v) is 2.64. The number of carbonyl (C=O) groups excluding carboxylic acids is 1. The lowest BCUT2D eigenvalue weighted by Crippen LogP contribution is -2.27. The number of nitrogens with one attached hydrogen (secondary N) is 1. The summed E-state index contributed by atoms with van der Waals surface area (Å²) in [6.07, 6.45) is 1.05. The van der Waals surface area contributed by atoms with Gasteiger partial charge in [0.25, 0.3) is 0 Å². The first-order chi connectivity index (χ1) is 9.39. The summed E-state index contributed by atoms with van der Waals surface area (Å²) in [6, 6.07) is 8.72. The summed E-state index contributed by atoms with van der Waals surface area (Å²) in [5, 5.41) is 3.53. The molecule has 1 heterocycles. The normalized spacial score (nSPS) is 22.8. The van der Waals surface area contributed by atoms with E-state index < -0.39 is 5.41 Å². The first-order valence-electron chi connectivity index (χ1n) is 7.36. The van der Waals surface area contributed by atoms with Crippen molar-refractivity contribution in [2.45, 2.75) is 40.2 Å². The predicted molar refractivity (Wildman–Crippen MR) is 80.4 cm³/mol. The lowest BCUT2D eigenvalue weighted by Gasteiger charge is -2.23. The Hall–Kier alpha value is -1.35. The third-order valence-electron chi connectivity index (χ3n) is 3.92. The van der Waals surface area contributed by atoms with Crippen molar-refractivity contribution in [2.24, 2.45) is 11.3 Å². The molecule has 0 bridgehead atoms. The van der Waals surface area contributed by atoms with Crippen molar-refractivity contribution < 1.29 is 9.53 Å². The first kappa shape index (κ1) is 15.0. The molecule has 0 amide bonds. The SMILES string of the molecule is Cc1ccccc1C1NCCC1COC(=O)C(C)(C)C. The first-order valence-corrected chi connectivity index (χ1v) is 7.36. The maximum atomic E-state index is 11.9. The van der Waals surface area contributed by atoms with Gasteiger partial charge in [-0.15, -0.1) is 0 Å². The highest BCUT2D eigenvalue weighted by Gasteiger charge is 2.31. The van der Waals surface area contributed by atoms with Gasteiger partial charge in [-0.1, -0.05) is 24.3 Å². The summed E-state index contributed by atoms with van der Waals surface area (Å²) in [7, 11) is 0. The van der Waals surface area contributed by atoms with Crippen molar-refractivity contribution in [3.05, 3.63) is 35.4 Å². The van der Waals surface area contributed by atoms with Crippen LogP contribution in [0.3, 0.4) is 0 Å². The molecule has 1 aromatic carbocycles.